The fourth-order valence-corrected chi connectivity index (χ4v) is 3.35. The van der Waals surface area contributed by atoms with Crippen LogP contribution in [0.1, 0.15) is 23.6 Å². The molecule has 1 unspecified atom stereocenters. The van der Waals surface area contributed by atoms with E-state index in [0.29, 0.717) is 12.1 Å². The van der Waals surface area contributed by atoms with Crippen LogP contribution in [0, 0.1) is 58.2 Å². The molecule has 19 heteroatoms. The van der Waals surface area contributed by atoms with Gasteiger partial charge in [0.25, 0.3) is 0 Å². The van der Waals surface area contributed by atoms with Gasteiger partial charge in [0.1, 0.15) is 34.1 Å². The zero-order valence-electron chi connectivity index (χ0n) is 20.3. The first-order chi connectivity index (χ1) is 19.7. The molecule has 0 saturated carbocycles. The summed E-state index contributed by atoms with van der Waals surface area (Å²) in [5.41, 5.74) is -6.32. The van der Waals surface area contributed by atoms with Crippen LogP contribution in [-0.2, 0) is 28.4 Å². The summed E-state index contributed by atoms with van der Waals surface area (Å²) in [4.78, 5) is 10.7. The van der Waals surface area contributed by atoms with Crippen molar-refractivity contribution in [2.75, 3.05) is 0 Å². The van der Waals surface area contributed by atoms with Crippen molar-refractivity contribution in [2.45, 2.75) is 30.6 Å². The number of ether oxygens (including phenoxy) is 3. The molecule has 0 saturated heterocycles. The molecule has 0 fully saturated rings. The normalized spacial score (nSPS) is 12.7. The first-order valence-electron chi connectivity index (χ1n) is 10.8. The van der Waals surface area contributed by atoms with Crippen molar-refractivity contribution in [1.29, 1.82) is 0 Å². The highest BCUT2D eigenvalue weighted by atomic mass is 79.9. The van der Waals surface area contributed by atoms with E-state index in [1.807, 2.05) is 0 Å². The molecule has 43 heavy (non-hydrogen) atoms. The molecular weight excluding hydrogens is 698 g/mol. The Morgan fingerprint density at radius 2 is 0.930 bits per heavy atom. The number of carbonyl (C=O) groups is 1. The second kappa shape index (κ2) is 12.1. The van der Waals surface area contributed by atoms with E-state index in [-0.39, 0.29) is 6.07 Å². The lowest BCUT2D eigenvalue weighted by Crippen LogP contribution is -2.28. The number of hydrogen-bond donors (Lipinski definition) is 0. The maximum atomic E-state index is 14.7. The van der Waals surface area contributed by atoms with E-state index in [2.05, 4.69) is 25.4 Å². The molecule has 3 aromatic carbocycles. The Morgan fingerprint density at radius 1 is 0.628 bits per heavy atom. The van der Waals surface area contributed by atoms with Gasteiger partial charge in [0, 0.05) is 6.07 Å². The standard InChI is InChI=1S/C24H9BrF14O4/c1-6(25)22(40)41-5-7-2-8(42-23(36,37)10-12(26)16(30)20(34)17(31)13(10)27)4-9(3-7)43-24(38,39)11-14(28)18(32)21(35)19(33)15(11)29/h2-4,6H,5H2,1H3. The van der Waals surface area contributed by atoms with Crippen LogP contribution >= 0.6 is 15.9 Å². The topological polar surface area (TPSA) is 44.8 Å². The molecule has 0 aliphatic rings. The van der Waals surface area contributed by atoms with Crippen LogP contribution < -0.4 is 9.47 Å². The fourth-order valence-electron chi connectivity index (χ4n) is 3.22. The van der Waals surface area contributed by atoms with Gasteiger partial charge in [-0.2, -0.15) is 17.6 Å². The summed E-state index contributed by atoms with van der Waals surface area (Å²) in [5.74, 6) is -33.1. The number of benzene rings is 3. The van der Waals surface area contributed by atoms with Crippen molar-refractivity contribution >= 4 is 21.9 Å². The third kappa shape index (κ3) is 6.59. The maximum Gasteiger partial charge on any atom is 0.432 e. The molecule has 0 radical (unpaired) electrons. The fraction of sp³-hybridized carbons (Fsp3) is 0.208. The van der Waals surface area contributed by atoms with Crippen LogP contribution in [0.2, 0.25) is 0 Å². The number of alkyl halides is 5. The quantitative estimate of drug-likeness (QED) is 0.0741. The highest BCUT2D eigenvalue weighted by Gasteiger charge is 2.47. The van der Waals surface area contributed by atoms with Crippen molar-refractivity contribution in [3.05, 3.63) is 93.1 Å². The lowest BCUT2D eigenvalue weighted by Gasteiger charge is -2.23. The van der Waals surface area contributed by atoms with Crippen molar-refractivity contribution in [3.63, 3.8) is 0 Å². The van der Waals surface area contributed by atoms with Gasteiger partial charge < -0.3 is 14.2 Å². The Kier molecular flexibility index (Phi) is 9.48. The van der Waals surface area contributed by atoms with Crippen LogP contribution in [0.4, 0.5) is 61.5 Å². The second-order valence-electron chi connectivity index (χ2n) is 8.16. The van der Waals surface area contributed by atoms with E-state index in [4.69, 9.17) is 4.74 Å². The van der Waals surface area contributed by atoms with Crippen molar-refractivity contribution in [1.82, 2.24) is 0 Å². The molecule has 3 rings (SSSR count). The molecule has 0 aliphatic carbocycles. The van der Waals surface area contributed by atoms with Crippen LogP contribution in [0.15, 0.2) is 18.2 Å². The van der Waals surface area contributed by atoms with Gasteiger partial charge in [0.05, 0.1) is 0 Å². The van der Waals surface area contributed by atoms with Gasteiger partial charge in [0.2, 0.25) is 11.6 Å². The monoisotopic (exact) mass is 706 g/mol. The van der Waals surface area contributed by atoms with Gasteiger partial charge in [-0.25, -0.2) is 43.9 Å². The lowest BCUT2D eigenvalue weighted by atomic mass is 10.1. The third-order valence-corrected chi connectivity index (χ3v) is 5.51. The van der Waals surface area contributed by atoms with Gasteiger partial charge >= 0.3 is 18.2 Å². The van der Waals surface area contributed by atoms with E-state index < -0.39 is 116 Å². The number of rotatable bonds is 9. The predicted molar refractivity (Wildman–Crippen MR) is 116 cm³/mol. The van der Waals surface area contributed by atoms with E-state index in [0.717, 1.165) is 0 Å². The summed E-state index contributed by atoms with van der Waals surface area (Å²) in [5, 5.41) is 0. The molecule has 4 nitrogen and oxygen atoms in total. The number of halogens is 15. The van der Waals surface area contributed by atoms with Gasteiger partial charge in [-0.3, -0.25) is 4.79 Å². The van der Waals surface area contributed by atoms with Crippen molar-refractivity contribution in [2.24, 2.45) is 0 Å². The van der Waals surface area contributed by atoms with Crippen LogP contribution in [0.3, 0.4) is 0 Å². The van der Waals surface area contributed by atoms with Crippen molar-refractivity contribution in [3.8, 4) is 11.5 Å². The molecule has 1 atom stereocenters. The maximum absolute atomic E-state index is 14.7. The van der Waals surface area contributed by atoms with E-state index in [1.165, 1.54) is 6.92 Å². The SMILES string of the molecule is CC(Br)C(=O)OCc1cc(OC(F)(F)c2c(F)c(F)c(F)c(F)c2F)cc(OC(F)(F)c2c(F)c(F)c(F)c(F)c2F)c1. The minimum absolute atomic E-state index is 0.0155. The summed E-state index contributed by atoms with van der Waals surface area (Å²) in [6, 6.07) is 0.781. The summed E-state index contributed by atoms with van der Waals surface area (Å²) in [6.45, 7) is 0.232. The average molecular weight is 707 g/mol. The second-order valence-corrected chi connectivity index (χ2v) is 9.54. The van der Waals surface area contributed by atoms with Crippen LogP contribution in [0.5, 0.6) is 11.5 Å². The van der Waals surface area contributed by atoms with E-state index in [1.54, 1.807) is 0 Å². The first-order valence-corrected chi connectivity index (χ1v) is 11.7. The Labute approximate surface area is 237 Å². The molecule has 0 aliphatic heterocycles. The molecule has 0 N–H and O–H groups in total. The Morgan fingerprint density at radius 3 is 1.23 bits per heavy atom. The summed E-state index contributed by atoms with van der Waals surface area (Å²) < 4.78 is 208. The molecule has 3 aromatic rings. The molecule has 0 spiro atoms. The van der Waals surface area contributed by atoms with Crippen LogP contribution in [-0.4, -0.2) is 10.8 Å². The molecule has 0 amide bonds. The zero-order valence-corrected chi connectivity index (χ0v) is 21.9. The largest absolute Gasteiger partial charge is 0.460 e. The van der Waals surface area contributed by atoms with Gasteiger partial charge in [0.15, 0.2) is 46.5 Å². The van der Waals surface area contributed by atoms with Crippen LogP contribution in [0.25, 0.3) is 0 Å². The predicted octanol–water partition coefficient (Wildman–Crippen LogP) is 8.16. The Hall–Kier alpha value is -3.77. The first kappa shape index (κ1) is 33.7. The summed E-state index contributed by atoms with van der Waals surface area (Å²) in [6.07, 6.45) is -10.9. The molecule has 0 bridgehead atoms. The lowest BCUT2D eigenvalue weighted by molar-refractivity contribution is -0.193. The third-order valence-electron chi connectivity index (χ3n) is 5.14. The average Bonchev–Trinajstić information content (AvgIpc) is 2.90. The number of carbonyl (C=O) groups excluding carboxylic acids is 1. The molecule has 0 heterocycles. The summed E-state index contributed by atoms with van der Waals surface area (Å²) in [7, 11) is 0. The zero-order chi connectivity index (χ0) is 32.8. The highest BCUT2D eigenvalue weighted by molar-refractivity contribution is 9.10. The minimum atomic E-state index is -5.47. The van der Waals surface area contributed by atoms with E-state index in [9.17, 15) is 66.3 Å². The number of esters is 1. The Bertz CT molecular complexity index is 1440. The Balaban J connectivity index is 2.13. The van der Waals surface area contributed by atoms with Gasteiger partial charge in [-0.15, -0.1) is 0 Å². The summed E-state index contributed by atoms with van der Waals surface area (Å²) >= 11 is 2.79. The smallest absolute Gasteiger partial charge is 0.432 e. The van der Waals surface area contributed by atoms with Crippen molar-refractivity contribution < 1.29 is 80.5 Å². The number of hydrogen-bond acceptors (Lipinski definition) is 4. The molecule has 0 aromatic heterocycles. The van der Waals surface area contributed by atoms with E-state index >= 15 is 0 Å². The van der Waals surface area contributed by atoms with Gasteiger partial charge in [-0.1, -0.05) is 15.9 Å². The van der Waals surface area contributed by atoms with Gasteiger partial charge in [-0.05, 0) is 24.6 Å². The molecule has 234 valence electrons. The molecular formula is C24H9BrF14O4. The highest BCUT2D eigenvalue weighted by Crippen LogP contribution is 2.41. The minimum Gasteiger partial charge on any atom is -0.460 e.